The van der Waals surface area contributed by atoms with E-state index in [0.29, 0.717) is 23.1 Å². The van der Waals surface area contributed by atoms with Crippen LogP contribution in [0.4, 0.5) is 0 Å². The van der Waals surface area contributed by atoms with Crippen molar-refractivity contribution < 1.29 is 9.21 Å². The van der Waals surface area contributed by atoms with Gasteiger partial charge in [0.05, 0.1) is 17.0 Å². The van der Waals surface area contributed by atoms with E-state index in [4.69, 9.17) is 4.42 Å². The summed E-state index contributed by atoms with van der Waals surface area (Å²) in [5.74, 6) is -0.00573. The number of nitrogens with zero attached hydrogens (tertiary/aromatic N) is 1. The number of unbranched alkanes of at least 4 members (excludes halogenated alkanes) is 1. The van der Waals surface area contributed by atoms with Gasteiger partial charge in [-0.05, 0) is 24.1 Å². The normalized spacial score (nSPS) is 16.4. The zero-order valence-electron chi connectivity index (χ0n) is 14.1. The van der Waals surface area contributed by atoms with Crippen molar-refractivity contribution in [1.82, 2.24) is 4.90 Å². The maximum Gasteiger partial charge on any atom is 0.290 e. The summed E-state index contributed by atoms with van der Waals surface area (Å²) >= 11 is 0. The first kappa shape index (κ1) is 15.6. The molecule has 1 aliphatic heterocycles. The second kappa shape index (κ2) is 6.20. The predicted octanol–water partition coefficient (Wildman–Crippen LogP) is 4.14. The largest absolute Gasteiger partial charge is 0.450 e. The van der Waals surface area contributed by atoms with Crippen LogP contribution < -0.4 is 5.43 Å². The van der Waals surface area contributed by atoms with E-state index in [1.165, 1.54) is 0 Å². The summed E-state index contributed by atoms with van der Waals surface area (Å²) in [6.45, 7) is 2.69. The van der Waals surface area contributed by atoms with Crippen LogP contribution >= 0.6 is 0 Å². The molecule has 0 radical (unpaired) electrons. The summed E-state index contributed by atoms with van der Waals surface area (Å²) in [5.41, 5.74) is 1.75. The number of fused-ring (bicyclic) bond motifs is 2. The number of carbonyl (C=O) groups excluding carboxylic acids is 1. The van der Waals surface area contributed by atoms with E-state index in [1.54, 1.807) is 23.1 Å². The Morgan fingerprint density at radius 2 is 1.72 bits per heavy atom. The van der Waals surface area contributed by atoms with Gasteiger partial charge >= 0.3 is 0 Å². The molecule has 3 aromatic rings. The number of benzene rings is 2. The second-order valence-corrected chi connectivity index (χ2v) is 6.34. The smallest absolute Gasteiger partial charge is 0.290 e. The monoisotopic (exact) mass is 333 g/mol. The highest BCUT2D eigenvalue weighted by molar-refractivity contribution is 5.99. The standard InChI is InChI=1S/C21H19NO3/c1-2-3-13-22-18(14-9-5-4-6-10-14)17-19(23)15-11-7-8-12-16(15)25-20(17)21(22)24/h4-12,18H,2-3,13H2,1H3/t18-/m0/s1. The van der Waals surface area contributed by atoms with Crippen LogP contribution in [0.2, 0.25) is 0 Å². The molecule has 0 bridgehead atoms. The fourth-order valence-corrected chi connectivity index (χ4v) is 3.51. The molecule has 0 fully saturated rings. The van der Waals surface area contributed by atoms with Gasteiger partial charge in [-0.1, -0.05) is 55.8 Å². The minimum absolute atomic E-state index is 0.113. The fourth-order valence-electron chi connectivity index (χ4n) is 3.51. The van der Waals surface area contributed by atoms with Gasteiger partial charge in [-0.15, -0.1) is 0 Å². The first-order valence-corrected chi connectivity index (χ1v) is 8.64. The molecule has 0 aliphatic carbocycles. The highest BCUT2D eigenvalue weighted by Gasteiger charge is 2.42. The lowest BCUT2D eigenvalue weighted by Crippen LogP contribution is -2.30. The number of rotatable bonds is 4. The third-order valence-electron chi connectivity index (χ3n) is 4.74. The van der Waals surface area contributed by atoms with Crippen LogP contribution in [0.25, 0.3) is 11.0 Å². The maximum atomic E-state index is 13.1. The number of amides is 1. The van der Waals surface area contributed by atoms with Crippen molar-refractivity contribution in [3.63, 3.8) is 0 Å². The van der Waals surface area contributed by atoms with Gasteiger partial charge in [0.1, 0.15) is 5.58 Å². The van der Waals surface area contributed by atoms with Gasteiger partial charge in [-0.25, -0.2) is 0 Å². The van der Waals surface area contributed by atoms with E-state index in [9.17, 15) is 9.59 Å². The number of para-hydroxylation sites is 1. The van der Waals surface area contributed by atoms with Crippen LogP contribution in [0.3, 0.4) is 0 Å². The molecular weight excluding hydrogens is 314 g/mol. The lowest BCUT2D eigenvalue weighted by molar-refractivity contribution is 0.0725. The Hall–Kier alpha value is -2.88. The molecule has 0 unspecified atom stereocenters. The Morgan fingerprint density at radius 3 is 2.48 bits per heavy atom. The molecule has 4 rings (SSSR count). The number of carbonyl (C=O) groups is 1. The quantitative estimate of drug-likeness (QED) is 0.721. The molecular formula is C21H19NO3. The Morgan fingerprint density at radius 1 is 1.00 bits per heavy atom. The molecule has 2 heterocycles. The molecule has 0 spiro atoms. The van der Waals surface area contributed by atoms with Crippen LogP contribution in [0.5, 0.6) is 0 Å². The molecule has 0 saturated carbocycles. The zero-order chi connectivity index (χ0) is 17.4. The van der Waals surface area contributed by atoms with Crippen molar-refractivity contribution >= 4 is 16.9 Å². The highest BCUT2D eigenvalue weighted by Crippen LogP contribution is 2.38. The highest BCUT2D eigenvalue weighted by atomic mass is 16.3. The molecule has 4 heteroatoms. The van der Waals surface area contributed by atoms with Crippen LogP contribution in [0, 0.1) is 0 Å². The minimum Gasteiger partial charge on any atom is -0.450 e. The van der Waals surface area contributed by atoms with E-state index in [2.05, 4.69) is 6.92 Å². The third kappa shape index (κ3) is 2.45. The fraction of sp³-hybridized carbons (Fsp3) is 0.238. The molecule has 0 N–H and O–H groups in total. The van der Waals surface area contributed by atoms with E-state index in [0.717, 1.165) is 18.4 Å². The Kier molecular flexibility index (Phi) is 3.88. The van der Waals surface area contributed by atoms with Crippen molar-refractivity contribution in [2.24, 2.45) is 0 Å². The molecule has 1 aliphatic rings. The summed E-state index contributed by atoms with van der Waals surface area (Å²) in [7, 11) is 0. The van der Waals surface area contributed by atoms with Gasteiger partial charge in [0.15, 0.2) is 5.43 Å². The van der Waals surface area contributed by atoms with Crippen LogP contribution in [0.15, 0.2) is 63.8 Å². The molecule has 2 aromatic carbocycles. The molecule has 0 saturated heterocycles. The Bertz CT molecular complexity index is 991. The molecule has 4 nitrogen and oxygen atoms in total. The lowest BCUT2D eigenvalue weighted by Gasteiger charge is -2.24. The number of hydrogen-bond donors (Lipinski definition) is 0. The Labute approximate surface area is 145 Å². The van der Waals surface area contributed by atoms with Crippen molar-refractivity contribution in [3.8, 4) is 0 Å². The minimum atomic E-state index is -0.379. The van der Waals surface area contributed by atoms with Gasteiger partial charge in [-0.3, -0.25) is 9.59 Å². The Balaban J connectivity index is 1.97. The average Bonchev–Trinajstić information content (AvgIpc) is 2.93. The summed E-state index contributed by atoms with van der Waals surface area (Å²) in [4.78, 5) is 27.9. The van der Waals surface area contributed by atoms with Crippen LogP contribution in [0.1, 0.15) is 47.5 Å². The second-order valence-electron chi connectivity index (χ2n) is 6.34. The van der Waals surface area contributed by atoms with E-state index < -0.39 is 0 Å². The maximum absolute atomic E-state index is 13.1. The summed E-state index contributed by atoms with van der Waals surface area (Å²) < 4.78 is 5.87. The molecule has 126 valence electrons. The number of hydrogen-bond acceptors (Lipinski definition) is 3. The molecule has 25 heavy (non-hydrogen) atoms. The van der Waals surface area contributed by atoms with E-state index in [-0.39, 0.29) is 23.1 Å². The van der Waals surface area contributed by atoms with Gasteiger partial charge < -0.3 is 9.32 Å². The summed E-state index contributed by atoms with van der Waals surface area (Å²) in [5, 5.41) is 0.521. The van der Waals surface area contributed by atoms with E-state index >= 15 is 0 Å². The van der Waals surface area contributed by atoms with Gasteiger partial charge in [0.2, 0.25) is 5.76 Å². The predicted molar refractivity (Wildman–Crippen MR) is 96.7 cm³/mol. The van der Waals surface area contributed by atoms with E-state index in [1.807, 2.05) is 36.4 Å². The van der Waals surface area contributed by atoms with Gasteiger partial charge in [-0.2, -0.15) is 0 Å². The summed E-state index contributed by atoms with van der Waals surface area (Å²) in [6.07, 6.45) is 1.86. The van der Waals surface area contributed by atoms with Crippen LogP contribution in [-0.4, -0.2) is 17.4 Å². The molecule has 1 atom stereocenters. The first-order chi connectivity index (χ1) is 12.2. The summed E-state index contributed by atoms with van der Waals surface area (Å²) in [6, 6.07) is 16.4. The van der Waals surface area contributed by atoms with Crippen molar-refractivity contribution in [3.05, 3.63) is 81.7 Å². The molecule has 1 amide bonds. The SMILES string of the molecule is CCCCN1C(=O)c2oc3ccccc3c(=O)c2[C@@H]1c1ccccc1. The van der Waals surface area contributed by atoms with Crippen LogP contribution in [-0.2, 0) is 0 Å². The third-order valence-corrected chi connectivity index (χ3v) is 4.74. The molecule has 1 aromatic heterocycles. The zero-order valence-corrected chi connectivity index (χ0v) is 14.1. The topological polar surface area (TPSA) is 50.5 Å². The van der Waals surface area contributed by atoms with Crippen molar-refractivity contribution in [2.75, 3.05) is 6.54 Å². The van der Waals surface area contributed by atoms with Crippen molar-refractivity contribution in [1.29, 1.82) is 0 Å². The first-order valence-electron chi connectivity index (χ1n) is 8.64. The van der Waals surface area contributed by atoms with Crippen molar-refractivity contribution in [2.45, 2.75) is 25.8 Å². The lowest BCUT2D eigenvalue weighted by atomic mass is 9.98. The van der Waals surface area contributed by atoms with Gasteiger partial charge in [0, 0.05) is 6.54 Å². The average molecular weight is 333 g/mol. The van der Waals surface area contributed by atoms with Gasteiger partial charge in [0.25, 0.3) is 5.91 Å².